The van der Waals surface area contributed by atoms with Crippen LogP contribution in [-0.4, -0.2) is 39.4 Å². The first kappa shape index (κ1) is 16.0. The predicted octanol–water partition coefficient (Wildman–Crippen LogP) is 3.39. The average Bonchev–Trinajstić information content (AvgIpc) is 3.27. The van der Waals surface area contributed by atoms with Crippen molar-refractivity contribution in [3.8, 4) is 0 Å². The van der Waals surface area contributed by atoms with E-state index in [9.17, 15) is 0 Å². The van der Waals surface area contributed by atoms with E-state index in [0.717, 1.165) is 68.1 Å². The maximum absolute atomic E-state index is 6.12. The molecule has 1 saturated heterocycles. The third-order valence-electron chi connectivity index (χ3n) is 5.29. The molecule has 1 atom stereocenters. The standard InChI is InChI=1S/C19H20ClN5O/c20-13-3-4-14-15(12-13)21-7-5-16(14)24-8-6-18-22-23-19(25(18)10-9-24)17-2-1-11-26-17/h3-5,7,12,17H,1-2,6,8-11H2. The zero-order valence-electron chi connectivity index (χ0n) is 14.4. The number of aromatic nitrogens is 4. The Bertz CT molecular complexity index is 950. The van der Waals surface area contributed by atoms with Crippen LogP contribution < -0.4 is 4.90 Å². The molecule has 2 aliphatic heterocycles. The van der Waals surface area contributed by atoms with Gasteiger partial charge < -0.3 is 14.2 Å². The molecule has 0 radical (unpaired) electrons. The molecule has 0 amide bonds. The van der Waals surface area contributed by atoms with Gasteiger partial charge in [-0.25, -0.2) is 0 Å². The summed E-state index contributed by atoms with van der Waals surface area (Å²) in [6, 6.07) is 7.99. The van der Waals surface area contributed by atoms with Crippen LogP contribution >= 0.6 is 11.6 Å². The van der Waals surface area contributed by atoms with Gasteiger partial charge in [0.05, 0.1) is 5.52 Å². The van der Waals surface area contributed by atoms with Gasteiger partial charge in [0.2, 0.25) is 0 Å². The zero-order valence-corrected chi connectivity index (χ0v) is 15.2. The Labute approximate surface area is 156 Å². The number of benzene rings is 1. The van der Waals surface area contributed by atoms with Gasteiger partial charge in [-0.3, -0.25) is 4.98 Å². The normalized spacial score (nSPS) is 20.3. The minimum absolute atomic E-state index is 0.103. The lowest BCUT2D eigenvalue weighted by Gasteiger charge is -2.24. The number of hydrogen-bond donors (Lipinski definition) is 0. The van der Waals surface area contributed by atoms with Crippen molar-refractivity contribution in [3.05, 3.63) is 47.1 Å². The van der Waals surface area contributed by atoms with Gasteiger partial charge >= 0.3 is 0 Å². The van der Waals surface area contributed by atoms with E-state index in [0.29, 0.717) is 5.02 Å². The van der Waals surface area contributed by atoms with Gasteiger partial charge in [-0.05, 0) is 37.1 Å². The van der Waals surface area contributed by atoms with Gasteiger partial charge in [0, 0.05) is 55.0 Å². The molecule has 3 aromatic rings. The first-order chi connectivity index (χ1) is 12.8. The number of hydrogen-bond acceptors (Lipinski definition) is 5. The van der Waals surface area contributed by atoms with Crippen molar-refractivity contribution in [1.29, 1.82) is 0 Å². The Morgan fingerprint density at radius 3 is 2.96 bits per heavy atom. The molecule has 26 heavy (non-hydrogen) atoms. The van der Waals surface area contributed by atoms with Crippen LogP contribution in [0.2, 0.25) is 5.02 Å². The summed E-state index contributed by atoms with van der Waals surface area (Å²) in [6.45, 7) is 3.51. The molecule has 4 heterocycles. The van der Waals surface area contributed by atoms with Crippen LogP contribution in [0.1, 0.15) is 30.6 Å². The summed E-state index contributed by atoms with van der Waals surface area (Å²) in [6.07, 6.45) is 4.97. The predicted molar refractivity (Wildman–Crippen MR) is 101 cm³/mol. The van der Waals surface area contributed by atoms with Crippen molar-refractivity contribution in [3.63, 3.8) is 0 Å². The third kappa shape index (κ3) is 2.73. The fourth-order valence-electron chi connectivity index (χ4n) is 3.99. The Morgan fingerprint density at radius 1 is 1.12 bits per heavy atom. The van der Waals surface area contributed by atoms with Gasteiger partial charge in [0.15, 0.2) is 5.82 Å². The van der Waals surface area contributed by atoms with Crippen LogP contribution in [0, 0.1) is 0 Å². The minimum atomic E-state index is 0.103. The van der Waals surface area contributed by atoms with E-state index in [2.05, 4.69) is 36.8 Å². The van der Waals surface area contributed by atoms with Crippen molar-refractivity contribution in [2.45, 2.75) is 31.9 Å². The molecule has 6 nitrogen and oxygen atoms in total. The number of ether oxygens (including phenoxy) is 1. The summed E-state index contributed by atoms with van der Waals surface area (Å²) in [5.41, 5.74) is 2.13. The molecule has 1 fully saturated rings. The lowest BCUT2D eigenvalue weighted by molar-refractivity contribution is 0.101. The molecule has 0 saturated carbocycles. The highest BCUT2D eigenvalue weighted by Gasteiger charge is 2.27. The van der Waals surface area contributed by atoms with Crippen molar-refractivity contribution in [2.75, 3.05) is 24.6 Å². The SMILES string of the molecule is Clc1ccc2c(N3CCc4nnc(C5CCCO5)n4CC3)ccnc2c1. The second-order valence-corrected chi connectivity index (χ2v) is 7.29. The molecule has 134 valence electrons. The van der Waals surface area contributed by atoms with Crippen molar-refractivity contribution < 1.29 is 4.74 Å². The third-order valence-corrected chi connectivity index (χ3v) is 5.53. The molecule has 0 bridgehead atoms. The van der Waals surface area contributed by atoms with Crippen LogP contribution in [-0.2, 0) is 17.7 Å². The fourth-order valence-corrected chi connectivity index (χ4v) is 4.15. The molecule has 0 aliphatic carbocycles. The summed E-state index contributed by atoms with van der Waals surface area (Å²) < 4.78 is 8.09. The number of anilines is 1. The smallest absolute Gasteiger partial charge is 0.162 e. The molecule has 7 heteroatoms. The number of halogens is 1. The van der Waals surface area contributed by atoms with Gasteiger partial charge in [-0.1, -0.05) is 11.6 Å². The van der Waals surface area contributed by atoms with Crippen LogP contribution in [0.4, 0.5) is 5.69 Å². The molecular formula is C19H20ClN5O. The maximum atomic E-state index is 6.12. The van der Waals surface area contributed by atoms with Crippen LogP contribution in [0.15, 0.2) is 30.5 Å². The largest absolute Gasteiger partial charge is 0.370 e. The van der Waals surface area contributed by atoms with E-state index in [1.807, 2.05) is 18.3 Å². The summed E-state index contributed by atoms with van der Waals surface area (Å²) in [5, 5.41) is 10.7. The van der Waals surface area contributed by atoms with E-state index in [-0.39, 0.29) is 6.10 Å². The topological polar surface area (TPSA) is 56.1 Å². The fraction of sp³-hybridized carbons (Fsp3) is 0.421. The first-order valence-electron chi connectivity index (χ1n) is 9.12. The van der Waals surface area contributed by atoms with Gasteiger partial charge in [0.25, 0.3) is 0 Å². The summed E-state index contributed by atoms with van der Waals surface area (Å²) >= 11 is 6.12. The second kappa shape index (κ2) is 6.52. The summed E-state index contributed by atoms with van der Waals surface area (Å²) in [4.78, 5) is 6.87. The molecule has 1 aromatic carbocycles. The molecule has 2 aromatic heterocycles. The van der Waals surface area contributed by atoms with Crippen molar-refractivity contribution in [2.24, 2.45) is 0 Å². The highest BCUT2D eigenvalue weighted by Crippen LogP contribution is 2.31. The molecular weight excluding hydrogens is 350 g/mol. The highest BCUT2D eigenvalue weighted by molar-refractivity contribution is 6.31. The van der Waals surface area contributed by atoms with Gasteiger partial charge in [-0.2, -0.15) is 0 Å². The number of rotatable bonds is 2. The Balaban J connectivity index is 1.45. The lowest BCUT2D eigenvalue weighted by Crippen LogP contribution is -2.27. The second-order valence-electron chi connectivity index (χ2n) is 6.86. The van der Waals surface area contributed by atoms with E-state index in [1.165, 1.54) is 5.69 Å². The van der Waals surface area contributed by atoms with Gasteiger partial charge in [0.1, 0.15) is 11.9 Å². The lowest BCUT2D eigenvalue weighted by atomic mass is 10.1. The summed E-state index contributed by atoms with van der Waals surface area (Å²) in [7, 11) is 0. The van der Waals surface area contributed by atoms with E-state index in [4.69, 9.17) is 16.3 Å². The molecule has 0 spiro atoms. The minimum Gasteiger partial charge on any atom is -0.370 e. The Kier molecular flexibility index (Phi) is 4.02. The first-order valence-corrected chi connectivity index (χ1v) is 9.50. The molecule has 5 rings (SSSR count). The van der Waals surface area contributed by atoms with Crippen molar-refractivity contribution in [1.82, 2.24) is 19.7 Å². The summed E-state index contributed by atoms with van der Waals surface area (Å²) in [5.74, 6) is 2.05. The zero-order chi connectivity index (χ0) is 17.5. The van der Waals surface area contributed by atoms with E-state index in [1.54, 1.807) is 0 Å². The number of nitrogens with zero attached hydrogens (tertiary/aromatic N) is 5. The van der Waals surface area contributed by atoms with Crippen molar-refractivity contribution >= 4 is 28.2 Å². The Morgan fingerprint density at radius 2 is 2.08 bits per heavy atom. The van der Waals surface area contributed by atoms with Crippen LogP contribution in [0.5, 0.6) is 0 Å². The van der Waals surface area contributed by atoms with Crippen LogP contribution in [0.25, 0.3) is 10.9 Å². The monoisotopic (exact) mass is 369 g/mol. The maximum Gasteiger partial charge on any atom is 0.162 e. The number of pyridine rings is 1. The van der Waals surface area contributed by atoms with Gasteiger partial charge in [-0.15, -0.1) is 10.2 Å². The Hall–Kier alpha value is -2.18. The highest BCUT2D eigenvalue weighted by atomic mass is 35.5. The van der Waals surface area contributed by atoms with E-state index < -0.39 is 0 Å². The van der Waals surface area contributed by atoms with Crippen LogP contribution in [0.3, 0.4) is 0 Å². The molecule has 2 aliphatic rings. The average molecular weight is 370 g/mol. The number of fused-ring (bicyclic) bond motifs is 2. The quantitative estimate of drug-likeness (QED) is 0.693. The van der Waals surface area contributed by atoms with E-state index >= 15 is 0 Å². The molecule has 0 N–H and O–H groups in total. The molecule has 1 unspecified atom stereocenters.